The van der Waals surface area contributed by atoms with Crippen LogP contribution in [0.15, 0.2) is 0 Å². The van der Waals surface area contributed by atoms with Crippen molar-refractivity contribution < 1.29 is 0 Å². The van der Waals surface area contributed by atoms with Crippen molar-refractivity contribution in [1.29, 1.82) is 0 Å². The molecule has 0 rings (SSSR count). The Kier molecular flexibility index (Phi) is 6.15. The molecule has 0 fully saturated rings. The van der Waals surface area contributed by atoms with Crippen LogP contribution >= 0.6 is 0 Å². The summed E-state index contributed by atoms with van der Waals surface area (Å²) in [5.74, 6) is 2.94. The maximum absolute atomic E-state index is 2.94. The van der Waals surface area contributed by atoms with Crippen molar-refractivity contribution in [2.24, 2.45) is 0 Å². The Hall–Kier alpha value is 0.0795. The first-order chi connectivity index (χ1) is 3.41. The van der Waals surface area contributed by atoms with E-state index in [9.17, 15) is 0 Å². The third-order valence-corrected chi connectivity index (χ3v) is 1.03. The van der Waals surface area contributed by atoms with Gasteiger partial charge in [-0.2, -0.15) is 0 Å². The molecule has 0 bridgehead atoms. The summed E-state index contributed by atoms with van der Waals surface area (Å²) in [5.41, 5.74) is 0. The maximum atomic E-state index is 2.94. The van der Waals surface area contributed by atoms with E-state index in [4.69, 9.17) is 0 Å². The Balaban J connectivity index is 2.78. The summed E-state index contributed by atoms with van der Waals surface area (Å²) < 4.78 is 0. The number of hydrogen-bond acceptors (Lipinski definition) is 0. The van der Waals surface area contributed by atoms with Crippen molar-refractivity contribution in [3.63, 3.8) is 0 Å². The fourth-order valence-electron chi connectivity index (χ4n) is 0.316. The Bertz CT molecular complexity index is 75.9. The van der Waals surface area contributed by atoms with Gasteiger partial charge in [0.2, 0.25) is 0 Å². The molecule has 7 heavy (non-hydrogen) atoms. The molecule has 0 amide bonds. The molecular weight excluding hydrogens is 151 g/mol. The van der Waals surface area contributed by atoms with Crippen molar-refractivity contribution in [2.75, 3.05) is 0 Å². The average Bonchev–Trinajstić information content (AvgIpc) is 1.69. The second kappa shape index (κ2) is 6.08. The predicted octanol–water partition coefficient (Wildman–Crippen LogP) is 1.31. The van der Waals surface area contributed by atoms with E-state index in [1.165, 1.54) is 12.8 Å². The van der Waals surface area contributed by atoms with Gasteiger partial charge in [0, 0.05) is 0 Å². The molecule has 0 nitrogen and oxygen atoms in total. The molecule has 0 aliphatic carbocycles. The Morgan fingerprint density at radius 2 is 2.29 bits per heavy atom. The van der Waals surface area contributed by atoms with Crippen LogP contribution in [0.25, 0.3) is 0 Å². The van der Waals surface area contributed by atoms with Gasteiger partial charge in [-0.15, -0.1) is 0 Å². The van der Waals surface area contributed by atoms with Crippen LogP contribution in [0.2, 0.25) is 0 Å². The molecule has 0 aliphatic rings. The van der Waals surface area contributed by atoms with Crippen LogP contribution in [0.3, 0.4) is 0 Å². The molecular formula is C6H9Se-. The average molecular weight is 160 g/mol. The summed E-state index contributed by atoms with van der Waals surface area (Å²) in [6.45, 7) is 2.17. The van der Waals surface area contributed by atoms with Gasteiger partial charge in [-0.3, -0.25) is 0 Å². The van der Waals surface area contributed by atoms with Gasteiger partial charge in [-0.25, -0.2) is 0 Å². The van der Waals surface area contributed by atoms with Gasteiger partial charge in [-0.05, 0) is 0 Å². The molecule has 40 valence electrons. The zero-order chi connectivity index (χ0) is 5.54. The minimum atomic E-state index is 1.05. The molecule has 0 N–H and O–H groups in total. The van der Waals surface area contributed by atoms with E-state index in [0.29, 0.717) is 0 Å². The molecule has 0 radical (unpaired) electrons. The summed E-state index contributed by atoms with van der Waals surface area (Å²) in [6, 6.07) is 0. The number of hydrogen-bond donors (Lipinski definition) is 0. The summed E-state index contributed by atoms with van der Waals surface area (Å²) in [6.07, 6.45) is 3.52. The molecule has 0 spiro atoms. The van der Waals surface area contributed by atoms with E-state index in [-0.39, 0.29) is 0 Å². The molecule has 0 aromatic heterocycles. The van der Waals surface area contributed by atoms with E-state index in [0.717, 1.165) is 6.42 Å². The molecule has 0 aromatic rings. The molecule has 0 atom stereocenters. The topological polar surface area (TPSA) is 0 Å². The molecule has 0 aliphatic heterocycles. The van der Waals surface area contributed by atoms with Crippen molar-refractivity contribution in [1.82, 2.24) is 0 Å². The second-order valence-electron chi connectivity index (χ2n) is 1.38. The second-order valence-corrected chi connectivity index (χ2v) is 1.81. The Morgan fingerprint density at radius 1 is 1.57 bits per heavy atom. The minimum absolute atomic E-state index is 1.05. The number of rotatable bonds is 2. The quantitative estimate of drug-likeness (QED) is 0.324. The fraction of sp³-hybridized carbons (Fsp3) is 0.667. The van der Waals surface area contributed by atoms with Crippen LogP contribution in [0.4, 0.5) is 0 Å². The monoisotopic (exact) mass is 161 g/mol. The summed E-state index contributed by atoms with van der Waals surface area (Å²) in [4.78, 5) is 2.73. The van der Waals surface area contributed by atoms with Crippen LogP contribution in [0.5, 0.6) is 0 Å². The molecule has 1 heteroatoms. The third-order valence-electron chi connectivity index (χ3n) is 0.727. The van der Waals surface area contributed by atoms with Gasteiger partial charge in [0.25, 0.3) is 0 Å². The van der Waals surface area contributed by atoms with Crippen LogP contribution < -0.4 is 0 Å². The standard InChI is InChI=1S/C6H10Se/c1-2-3-4-5-6-7/h7H,2-4H2,1H3/p-1. The van der Waals surface area contributed by atoms with Gasteiger partial charge >= 0.3 is 52.9 Å². The van der Waals surface area contributed by atoms with Crippen LogP contribution in [0.1, 0.15) is 26.2 Å². The van der Waals surface area contributed by atoms with Crippen LogP contribution in [-0.4, -0.2) is 16.0 Å². The van der Waals surface area contributed by atoms with E-state index < -0.39 is 0 Å². The molecule has 0 saturated carbocycles. The van der Waals surface area contributed by atoms with E-state index in [1.807, 2.05) is 0 Å². The van der Waals surface area contributed by atoms with Crippen molar-refractivity contribution >= 4 is 16.0 Å². The van der Waals surface area contributed by atoms with Gasteiger partial charge < -0.3 is 0 Å². The van der Waals surface area contributed by atoms with Crippen molar-refractivity contribution in [3.05, 3.63) is 0 Å². The first-order valence-electron chi connectivity index (χ1n) is 2.51. The summed E-state index contributed by atoms with van der Waals surface area (Å²) >= 11 is 2.64. The van der Waals surface area contributed by atoms with E-state index in [1.54, 1.807) is 0 Å². The molecule has 0 unspecified atom stereocenters. The fourth-order valence-corrected chi connectivity index (χ4v) is 0.530. The van der Waals surface area contributed by atoms with Crippen LogP contribution in [0, 0.1) is 10.7 Å². The molecule has 0 saturated heterocycles. The zero-order valence-electron chi connectivity index (χ0n) is 4.53. The zero-order valence-corrected chi connectivity index (χ0v) is 6.24. The van der Waals surface area contributed by atoms with Crippen molar-refractivity contribution in [3.8, 4) is 10.7 Å². The van der Waals surface area contributed by atoms with Gasteiger partial charge in [0.15, 0.2) is 0 Å². The number of unbranched alkanes of at least 4 members (excludes halogenated alkanes) is 2. The molecule has 0 aromatic carbocycles. The molecule has 0 heterocycles. The SMILES string of the molecule is CCCCC#C[Se-]. The Morgan fingerprint density at radius 3 is 2.71 bits per heavy atom. The van der Waals surface area contributed by atoms with E-state index >= 15 is 0 Å². The van der Waals surface area contributed by atoms with Gasteiger partial charge in [0.05, 0.1) is 0 Å². The van der Waals surface area contributed by atoms with Gasteiger partial charge in [0.1, 0.15) is 0 Å². The summed E-state index contributed by atoms with van der Waals surface area (Å²) in [7, 11) is 0. The first kappa shape index (κ1) is 7.08. The van der Waals surface area contributed by atoms with Gasteiger partial charge in [-0.1, -0.05) is 0 Å². The predicted molar refractivity (Wildman–Crippen MR) is 33.1 cm³/mol. The normalized spacial score (nSPS) is 7.00. The van der Waals surface area contributed by atoms with E-state index in [2.05, 4.69) is 33.7 Å². The first-order valence-corrected chi connectivity index (χ1v) is 3.37. The summed E-state index contributed by atoms with van der Waals surface area (Å²) in [5, 5.41) is 0. The van der Waals surface area contributed by atoms with Crippen molar-refractivity contribution in [2.45, 2.75) is 26.2 Å². The Labute approximate surface area is 53.5 Å². The van der Waals surface area contributed by atoms with Crippen LogP contribution in [-0.2, 0) is 0 Å². The third kappa shape index (κ3) is 6.08.